The van der Waals surface area contributed by atoms with Crippen molar-refractivity contribution in [1.29, 1.82) is 0 Å². The average molecular weight is 558 g/mol. The maximum atomic E-state index is 5.03. The van der Waals surface area contributed by atoms with Crippen LogP contribution in [0.3, 0.4) is 0 Å². The molecule has 5 aromatic rings. The summed E-state index contributed by atoms with van der Waals surface area (Å²) in [6.07, 6.45) is 15.0. The van der Waals surface area contributed by atoms with E-state index in [0.717, 1.165) is 65.3 Å². The molecule has 43 heavy (non-hydrogen) atoms. The van der Waals surface area contributed by atoms with Gasteiger partial charge in [-0.15, -0.1) is 0 Å². The smallest absolute Gasteiger partial charge is 0.160 e. The summed E-state index contributed by atoms with van der Waals surface area (Å²) in [5.41, 5.74) is 12.5. The van der Waals surface area contributed by atoms with Gasteiger partial charge in [-0.2, -0.15) is 0 Å². The number of benzene rings is 3. The molecule has 0 N–H and O–H groups in total. The Balaban J connectivity index is 1.18. The van der Waals surface area contributed by atoms with Gasteiger partial charge in [0.1, 0.15) is 0 Å². The number of hydrogen-bond donors (Lipinski definition) is 0. The van der Waals surface area contributed by atoms with Gasteiger partial charge >= 0.3 is 0 Å². The number of pyridine rings is 1. The Labute approximate surface area is 254 Å². The molecule has 0 bridgehead atoms. The third kappa shape index (κ3) is 5.39. The molecule has 0 atom stereocenters. The zero-order chi connectivity index (χ0) is 29.2. The van der Waals surface area contributed by atoms with Crippen LogP contribution in [0.4, 0.5) is 0 Å². The summed E-state index contributed by atoms with van der Waals surface area (Å²) in [6.45, 7) is 4.60. The van der Waals surface area contributed by atoms with Gasteiger partial charge in [0.25, 0.3) is 0 Å². The zero-order valence-corrected chi connectivity index (χ0v) is 24.8. The minimum Gasteiger partial charge on any atom is -0.256 e. The van der Waals surface area contributed by atoms with Crippen LogP contribution in [0.2, 0.25) is 0 Å². The summed E-state index contributed by atoms with van der Waals surface area (Å²) < 4.78 is 0. The van der Waals surface area contributed by atoms with Crippen molar-refractivity contribution in [1.82, 2.24) is 15.0 Å². The topological polar surface area (TPSA) is 38.7 Å². The van der Waals surface area contributed by atoms with Gasteiger partial charge in [0.05, 0.1) is 17.1 Å². The maximum Gasteiger partial charge on any atom is 0.160 e. The van der Waals surface area contributed by atoms with Crippen LogP contribution in [0.25, 0.3) is 33.7 Å². The molecule has 2 aromatic heterocycles. The van der Waals surface area contributed by atoms with Gasteiger partial charge in [0.2, 0.25) is 0 Å². The largest absolute Gasteiger partial charge is 0.256 e. The number of allylic oxidation sites excluding steroid dienone is 5. The van der Waals surface area contributed by atoms with Crippen molar-refractivity contribution in [3.8, 4) is 22.5 Å². The fraction of sp³-hybridized carbons (Fsp3) is 0.175. The molecule has 3 aromatic carbocycles. The molecule has 0 radical (unpaired) electrons. The fourth-order valence-corrected chi connectivity index (χ4v) is 6.16. The van der Waals surface area contributed by atoms with E-state index in [-0.39, 0.29) is 5.41 Å². The van der Waals surface area contributed by atoms with Gasteiger partial charge in [0.15, 0.2) is 5.82 Å². The highest BCUT2D eigenvalue weighted by Crippen LogP contribution is 2.36. The van der Waals surface area contributed by atoms with Crippen LogP contribution < -0.4 is 0 Å². The Kier molecular flexibility index (Phi) is 7.16. The fourth-order valence-electron chi connectivity index (χ4n) is 6.16. The van der Waals surface area contributed by atoms with E-state index >= 15 is 0 Å². The lowest BCUT2D eigenvalue weighted by atomic mass is 9.77. The lowest BCUT2D eigenvalue weighted by Gasteiger charge is -2.27. The molecule has 0 unspecified atom stereocenters. The Bertz CT molecular complexity index is 1860. The summed E-state index contributed by atoms with van der Waals surface area (Å²) in [6, 6.07) is 34.7. The highest BCUT2D eigenvalue weighted by molar-refractivity contribution is 5.81. The molecule has 2 heterocycles. The predicted molar refractivity (Wildman–Crippen MR) is 177 cm³/mol. The Morgan fingerprint density at radius 1 is 0.628 bits per heavy atom. The van der Waals surface area contributed by atoms with Crippen molar-refractivity contribution >= 4 is 11.1 Å². The van der Waals surface area contributed by atoms with Crippen molar-refractivity contribution < 1.29 is 0 Å². The van der Waals surface area contributed by atoms with Crippen molar-refractivity contribution in [3.63, 3.8) is 0 Å². The molecule has 3 heteroatoms. The van der Waals surface area contributed by atoms with E-state index in [1.54, 1.807) is 0 Å². The van der Waals surface area contributed by atoms with E-state index in [9.17, 15) is 0 Å². The first-order valence-electron chi connectivity index (χ1n) is 15.2. The standard InChI is InChI=1S/C40H35N3/c1-40(2,33-22-18-28(19-23-33)35-17-9-15-31-16-10-26-41-38(31)35)34-24-20-30(21-25-34)37-27-36(29-11-5-3-6-12-29)42-39(43-37)32-13-7-4-8-14-32/h3,5-7,10-14,16-27H,4,8-9,15H2,1-2H3. The molecule has 0 saturated heterocycles. The van der Waals surface area contributed by atoms with E-state index in [1.165, 1.54) is 27.8 Å². The second-order valence-electron chi connectivity index (χ2n) is 11.9. The van der Waals surface area contributed by atoms with Gasteiger partial charge in [-0.05, 0) is 60.1 Å². The highest BCUT2D eigenvalue weighted by Gasteiger charge is 2.24. The monoisotopic (exact) mass is 557 g/mol. The number of nitrogens with zero attached hydrogens (tertiary/aromatic N) is 3. The van der Waals surface area contributed by atoms with Crippen molar-refractivity contribution in [3.05, 3.63) is 161 Å². The van der Waals surface area contributed by atoms with Crippen LogP contribution in [0.15, 0.2) is 128 Å². The van der Waals surface area contributed by atoms with E-state index in [2.05, 4.69) is 123 Å². The van der Waals surface area contributed by atoms with Crippen molar-refractivity contribution in [2.75, 3.05) is 0 Å². The number of fused-ring (bicyclic) bond motifs is 1. The third-order valence-electron chi connectivity index (χ3n) is 8.78. The van der Waals surface area contributed by atoms with Gasteiger partial charge in [-0.1, -0.05) is 123 Å². The molecule has 0 aliphatic heterocycles. The maximum absolute atomic E-state index is 5.03. The number of rotatable bonds is 6. The van der Waals surface area contributed by atoms with Gasteiger partial charge in [-0.3, -0.25) is 4.98 Å². The Morgan fingerprint density at radius 3 is 1.98 bits per heavy atom. The summed E-state index contributed by atoms with van der Waals surface area (Å²) in [7, 11) is 0. The summed E-state index contributed by atoms with van der Waals surface area (Å²) >= 11 is 0. The van der Waals surface area contributed by atoms with Crippen LogP contribution in [0.1, 0.15) is 66.9 Å². The SMILES string of the molecule is CC(C)(c1ccc(C2=CCCc3cccnc32)cc1)c1ccc(-c2cc(-c3ccccc3)nc(C3=CCCC=C3)n2)cc1. The summed E-state index contributed by atoms with van der Waals surface area (Å²) in [5.74, 6) is 0.780. The van der Waals surface area contributed by atoms with Gasteiger partial charge in [-0.25, -0.2) is 9.97 Å². The van der Waals surface area contributed by atoms with E-state index in [4.69, 9.17) is 15.0 Å². The molecule has 2 aliphatic carbocycles. The highest BCUT2D eigenvalue weighted by atomic mass is 14.9. The first-order chi connectivity index (χ1) is 21.1. The number of aryl methyl sites for hydroxylation is 1. The Morgan fingerprint density at radius 2 is 1.30 bits per heavy atom. The number of aromatic nitrogens is 3. The molecular weight excluding hydrogens is 522 g/mol. The number of hydrogen-bond acceptors (Lipinski definition) is 3. The lowest BCUT2D eigenvalue weighted by molar-refractivity contribution is 0.641. The van der Waals surface area contributed by atoms with Gasteiger partial charge < -0.3 is 0 Å². The molecule has 0 fully saturated rings. The molecular formula is C40H35N3. The van der Waals surface area contributed by atoms with Crippen molar-refractivity contribution in [2.45, 2.75) is 44.9 Å². The van der Waals surface area contributed by atoms with Crippen molar-refractivity contribution in [2.24, 2.45) is 0 Å². The second kappa shape index (κ2) is 11.4. The zero-order valence-electron chi connectivity index (χ0n) is 24.8. The molecule has 2 aliphatic rings. The van der Waals surface area contributed by atoms with Crippen LogP contribution >= 0.6 is 0 Å². The summed E-state index contributed by atoms with van der Waals surface area (Å²) in [4.78, 5) is 14.7. The van der Waals surface area contributed by atoms with Crippen LogP contribution in [0, 0.1) is 0 Å². The molecule has 210 valence electrons. The van der Waals surface area contributed by atoms with E-state index in [0.29, 0.717) is 0 Å². The minimum atomic E-state index is -0.155. The van der Waals surface area contributed by atoms with Gasteiger partial charge in [0, 0.05) is 33.9 Å². The normalized spacial score (nSPS) is 14.6. The lowest BCUT2D eigenvalue weighted by Crippen LogP contribution is -2.18. The van der Waals surface area contributed by atoms with E-state index in [1.807, 2.05) is 18.3 Å². The predicted octanol–water partition coefficient (Wildman–Crippen LogP) is 9.64. The molecule has 0 spiro atoms. The average Bonchev–Trinajstić information content (AvgIpc) is 3.09. The first-order valence-corrected chi connectivity index (χ1v) is 15.2. The van der Waals surface area contributed by atoms with Crippen LogP contribution in [-0.2, 0) is 11.8 Å². The third-order valence-corrected chi connectivity index (χ3v) is 8.78. The van der Waals surface area contributed by atoms with Crippen LogP contribution in [0.5, 0.6) is 0 Å². The molecule has 3 nitrogen and oxygen atoms in total. The molecule has 0 saturated carbocycles. The Hall–Kier alpha value is -4.89. The van der Waals surface area contributed by atoms with E-state index < -0.39 is 0 Å². The second-order valence-corrected chi connectivity index (χ2v) is 11.9. The molecule has 7 rings (SSSR count). The quantitative estimate of drug-likeness (QED) is 0.209. The summed E-state index contributed by atoms with van der Waals surface area (Å²) in [5, 5.41) is 0. The minimum absolute atomic E-state index is 0.155. The van der Waals surface area contributed by atoms with Crippen LogP contribution in [-0.4, -0.2) is 15.0 Å². The molecule has 0 amide bonds. The first kappa shape index (κ1) is 27.0.